The van der Waals surface area contributed by atoms with Gasteiger partial charge in [-0.25, -0.2) is 13.1 Å². The van der Waals surface area contributed by atoms with Crippen molar-refractivity contribution >= 4 is 33.2 Å². The molecule has 6 atom stereocenters. The topological polar surface area (TPSA) is 84.9 Å². The summed E-state index contributed by atoms with van der Waals surface area (Å²) in [5.74, 6) is 0.419. The molecule has 7 nitrogen and oxygen atoms in total. The van der Waals surface area contributed by atoms with E-state index in [0.717, 1.165) is 49.4 Å². The third-order valence-electron chi connectivity index (χ3n) is 10.3. The Morgan fingerprint density at radius 2 is 1.98 bits per heavy atom. The minimum atomic E-state index is -4.07. The Morgan fingerprint density at radius 1 is 1.14 bits per heavy atom. The van der Waals surface area contributed by atoms with Gasteiger partial charge in [0.1, 0.15) is 5.75 Å². The molecule has 0 saturated heterocycles. The molecule has 1 spiro atoms. The van der Waals surface area contributed by atoms with Crippen molar-refractivity contribution in [2.45, 2.75) is 68.8 Å². The number of hydrogen-bond acceptors (Lipinski definition) is 6. The normalized spacial score (nSPS) is 33.3. The third-order valence-corrected chi connectivity index (χ3v) is 11.9. The number of nitrogens with zero attached hydrogens (tertiary/aromatic N) is 1. The summed E-state index contributed by atoms with van der Waals surface area (Å²) in [4.78, 5) is 15.5. The van der Waals surface area contributed by atoms with Gasteiger partial charge in [-0.3, -0.25) is 4.79 Å². The van der Waals surface area contributed by atoms with Crippen LogP contribution < -0.4 is 14.4 Å². The number of fused-ring (bicyclic) bond motifs is 4. The molecule has 1 amide bonds. The zero-order valence-electron chi connectivity index (χ0n) is 24.6. The number of aryl methyl sites for hydroxylation is 1. The van der Waals surface area contributed by atoms with Crippen LogP contribution in [0, 0.1) is 23.7 Å². The van der Waals surface area contributed by atoms with Crippen molar-refractivity contribution in [1.29, 1.82) is 0 Å². The van der Waals surface area contributed by atoms with Crippen LogP contribution >= 0.6 is 11.6 Å². The van der Waals surface area contributed by atoms with Gasteiger partial charge in [-0.2, -0.15) is 0 Å². The number of allylic oxidation sites excluding steroid dienone is 1. The maximum atomic E-state index is 13.5. The van der Waals surface area contributed by atoms with Crippen LogP contribution in [0.1, 0.15) is 57.1 Å². The minimum absolute atomic E-state index is 0.00564. The highest BCUT2D eigenvalue weighted by atomic mass is 35.5. The molecule has 1 fully saturated rings. The molecule has 6 rings (SSSR count). The number of methoxy groups -OCH3 is 1. The summed E-state index contributed by atoms with van der Waals surface area (Å²) in [6, 6.07) is 11.2. The van der Waals surface area contributed by atoms with E-state index < -0.39 is 21.8 Å². The van der Waals surface area contributed by atoms with E-state index in [2.05, 4.69) is 33.9 Å². The molecule has 0 aromatic heterocycles. The van der Waals surface area contributed by atoms with Gasteiger partial charge in [-0.15, -0.1) is 0 Å². The van der Waals surface area contributed by atoms with Gasteiger partial charge < -0.3 is 14.4 Å². The molecule has 2 heterocycles. The van der Waals surface area contributed by atoms with Gasteiger partial charge >= 0.3 is 0 Å². The number of carbonyl (C=O) groups excluding carboxylic acids is 1. The second-order valence-electron chi connectivity index (χ2n) is 12.8. The van der Waals surface area contributed by atoms with Crippen molar-refractivity contribution in [3.8, 4) is 5.75 Å². The van der Waals surface area contributed by atoms with Gasteiger partial charge in [0.25, 0.3) is 10.0 Å². The molecular formula is C33H41ClN2O5S. The molecule has 1 saturated carbocycles. The number of halogens is 1. The van der Waals surface area contributed by atoms with Gasteiger partial charge in [0.15, 0.2) is 0 Å². The summed E-state index contributed by atoms with van der Waals surface area (Å²) in [5, 5.41) is 0.741. The second kappa shape index (κ2) is 11.5. The van der Waals surface area contributed by atoms with Crippen LogP contribution in [0.25, 0.3) is 0 Å². The molecule has 2 aliphatic carbocycles. The van der Waals surface area contributed by atoms with Gasteiger partial charge in [-0.1, -0.05) is 43.7 Å². The van der Waals surface area contributed by atoms with E-state index in [4.69, 9.17) is 21.1 Å². The molecular weight excluding hydrogens is 572 g/mol. The number of sulfonamides is 1. The van der Waals surface area contributed by atoms with E-state index in [9.17, 15) is 13.2 Å². The van der Waals surface area contributed by atoms with Crippen LogP contribution in [0.4, 0.5) is 5.69 Å². The van der Waals surface area contributed by atoms with Crippen molar-refractivity contribution in [2.24, 2.45) is 23.7 Å². The first kappa shape index (κ1) is 29.5. The lowest BCUT2D eigenvalue weighted by atomic mass is 9.68. The van der Waals surface area contributed by atoms with Crippen molar-refractivity contribution in [2.75, 3.05) is 31.7 Å². The van der Waals surface area contributed by atoms with Crippen molar-refractivity contribution in [1.82, 2.24) is 4.72 Å². The van der Waals surface area contributed by atoms with Crippen molar-refractivity contribution < 1.29 is 22.7 Å². The van der Waals surface area contributed by atoms with Gasteiger partial charge in [0.2, 0.25) is 5.91 Å². The smallest absolute Gasteiger partial charge is 0.264 e. The van der Waals surface area contributed by atoms with E-state index in [1.807, 2.05) is 13.0 Å². The van der Waals surface area contributed by atoms with Crippen LogP contribution in [0.15, 0.2) is 53.4 Å². The van der Waals surface area contributed by atoms with Crippen LogP contribution in [0.2, 0.25) is 5.02 Å². The number of anilines is 1. The van der Waals surface area contributed by atoms with Gasteiger partial charge in [0.05, 0.1) is 23.3 Å². The number of rotatable bonds is 1. The van der Waals surface area contributed by atoms with E-state index in [-0.39, 0.29) is 22.3 Å². The highest BCUT2D eigenvalue weighted by Crippen LogP contribution is 2.47. The fourth-order valence-electron chi connectivity index (χ4n) is 7.37. The Morgan fingerprint density at radius 3 is 2.74 bits per heavy atom. The van der Waals surface area contributed by atoms with E-state index in [1.54, 1.807) is 32.2 Å². The molecule has 1 N–H and O–H groups in total. The van der Waals surface area contributed by atoms with Crippen LogP contribution in [0.5, 0.6) is 5.75 Å². The molecule has 9 heteroatoms. The summed E-state index contributed by atoms with van der Waals surface area (Å²) in [6.45, 7) is 5.73. The molecule has 0 radical (unpaired) electrons. The number of hydrogen-bond donors (Lipinski definition) is 1. The quantitative estimate of drug-likeness (QED) is 0.404. The molecule has 2 aliphatic heterocycles. The molecule has 1 unspecified atom stereocenters. The van der Waals surface area contributed by atoms with Crippen molar-refractivity contribution in [3.63, 3.8) is 0 Å². The zero-order valence-corrected chi connectivity index (χ0v) is 26.2. The second-order valence-corrected chi connectivity index (χ2v) is 15.0. The standard InChI is InChI=1S/C33H41ClN2O5S/c1-21-6-4-8-30(40-3)27-12-9-24(27)18-36-19-33(15-5-7-23-16-25(34)10-13-28(23)33)20-41-31-14-11-26(17-29(31)36)42(38,39)35-32(37)22(21)2/h4,8,10-11,13-14,16-17,21-22,24,27,30H,5-7,9,12,15,18-20H2,1-3H3,(H,35,37)/b8-4+/t21?,22-,24+,27-,30-,33+/m1/s1. The number of amides is 1. The molecule has 2 aromatic carbocycles. The Balaban J connectivity index is 1.44. The highest BCUT2D eigenvalue weighted by molar-refractivity contribution is 7.90. The van der Waals surface area contributed by atoms with Crippen LogP contribution in [-0.2, 0) is 31.4 Å². The largest absolute Gasteiger partial charge is 0.490 e. The molecule has 2 bridgehead atoms. The number of carbonyl (C=O) groups is 1. The summed E-state index contributed by atoms with van der Waals surface area (Å²) in [5.41, 5.74) is 3.03. The average molecular weight is 613 g/mol. The molecule has 42 heavy (non-hydrogen) atoms. The first-order chi connectivity index (χ1) is 20.1. The lowest BCUT2D eigenvalue weighted by molar-refractivity contribution is -0.124. The Bertz CT molecular complexity index is 1490. The average Bonchev–Trinajstić information content (AvgIpc) is 3.10. The summed E-state index contributed by atoms with van der Waals surface area (Å²) in [6.07, 6.45) is 10.1. The maximum Gasteiger partial charge on any atom is 0.264 e. The number of nitrogens with one attached hydrogen (secondary N) is 1. The SMILES string of the molecule is CO[C@@H]1/C=C/CC(C)[C@@H](C)C(=O)NS(=O)(=O)c2ccc3c(c2)N(C[C@@H]2CC[C@H]21)C[C@@]1(CCCc2cc(Cl)ccc21)CO3. The van der Waals surface area contributed by atoms with Gasteiger partial charge in [0, 0.05) is 36.6 Å². The first-order valence-corrected chi connectivity index (χ1v) is 17.0. The lowest BCUT2D eigenvalue weighted by Crippen LogP contribution is -2.49. The third kappa shape index (κ3) is 5.46. The Hall–Kier alpha value is -2.55. The van der Waals surface area contributed by atoms with Crippen LogP contribution in [-0.4, -0.2) is 47.2 Å². The summed E-state index contributed by atoms with van der Waals surface area (Å²) in [7, 11) is -2.30. The number of benzene rings is 2. The zero-order chi connectivity index (χ0) is 29.6. The Labute approximate surface area is 254 Å². The molecule has 226 valence electrons. The summed E-state index contributed by atoms with van der Waals surface area (Å²) < 4.78 is 41.9. The Kier molecular flexibility index (Phi) is 8.09. The van der Waals surface area contributed by atoms with Gasteiger partial charge in [-0.05, 0) is 97.7 Å². The van der Waals surface area contributed by atoms with Crippen molar-refractivity contribution in [3.05, 3.63) is 64.7 Å². The number of ether oxygens (including phenoxy) is 2. The predicted molar refractivity (Wildman–Crippen MR) is 165 cm³/mol. The fourth-order valence-corrected chi connectivity index (χ4v) is 8.65. The minimum Gasteiger partial charge on any atom is -0.490 e. The van der Waals surface area contributed by atoms with E-state index in [1.165, 1.54) is 11.1 Å². The van der Waals surface area contributed by atoms with Crippen LogP contribution in [0.3, 0.4) is 0 Å². The fraction of sp³-hybridized carbons (Fsp3) is 0.545. The summed E-state index contributed by atoms with van der Waals surface area (Å²) >= 11 is 6.40. The monoisotopic (exact) mass is 612 g/mol. The maximum absolute atomic E-state index is 13.5. The predicted octanol–water partition coefficient (Wildman–Crippen LogP) is 5.89. The molecule has 2 aromatic rings. The van der Waals surface area contributed by atoms with E-state index in [0.29, 0.717) is 37.2 Å². The lowest BCUT2D eigenvalue weighted by Gasteiger charge is -2.46. The molecule has 4 aliphatic rings. The van der Waals surface area contributed by atoms with E-state index >= 15 is 0 Å². The first-order valence-electron chi connectivity index (χ1n) is 15.2. The highest BCUT2D eigenvalue weighted by Gasteiger charge is 2.44.